The number of halogens is 4. The van der Waals surface area contributed by atoms with Crippen molar-refractivity contribution < 1.29 is 17.6 Å². The second-order valence-electron chi connectivity index (χ2n) is 5.65. The minimum atomic E-state index is -1.73. The number of benzene rings is 2. The van der Waals surface area contributed by atoms with Crippen LogP contribution in [-0.2, 0) is 6.54 Å². The maximum absolute atomic E-state index is 14.1. The first-order valence-corrected chi connectivity index (χ1v) is 8.78. The van der Waals surface area contributed by atoms with Crippen LogP contribution in [0.4, 0.5) is 17.6 Å². The van der Waals surface area contributed by atoms with Crippen molar-refractivity contribution in [1.29, 1.82) is 5.26 Å². The minimum absolute atomic E-state index is 0.0603. The molecular weight excluding hydrogens is 384 g/mol. The zero-order valence-corrected chi connectivity index (χ0v) is 15.5. The van der Waals surface area contributed by atoms with Crippen LogP contribution < -0.4 is 0 Å². The summed E-state index contributed by atoms with van der Waals surface area (Å²) in [4.78, 5) is 0.782. The Bertz CT molecular complexity index is 835. The van der Waals surface area contributed by atoms with E-state index in [0.29, 0.717) is 18.3 Å². The van der Waals surface area contributed by atoms with E-state index in [2.05, 4.69) is 0 Å². The minimum Gasteiger partial charge on any atom is -0.350 e. The molecule has 2 rings (SSSR count). The third-order valence-electron chi connectivity index (χ3n) is 3.58. The highest BCUT2D eigenvalue weighted by Crippen LogP contribution is 2.33. The van der Waals surface area contributed by atoms with Crippen molar-refractivity contribution in [2.75, 3.05) is 0 Å². The summed E-state index contributed by atoms with van der Waals surface area (Å²) in [6.45, 7) is 4.04. The normalized spacial score (nSPS) is 10.7. The summed E-state index contributed by atoms with van der Waals surface area (Å²) < 4.78 is 55.9. The summed E-state index contributed by atoms with van der Waals surface area (Å²) in [5, 5.41) is 8.64. The third kappa shape index (κ3) is 4.17. The SMILES string of the molecule is CC(C)N(Cc1ccccc1)C(=S)Sc1c(F)c(F)c(C#N)c(F)c1F. The standard InChI is InChI=1S/C18H14F4N2S2/c1-10(2)24(9-11-6-4-3-5-7-11)18(25)26-17-15(21)13(19)12(8-23)14(20)16(17)22/h3-7,10H,9H2,1-2H3. The molecule has 2 nitrogen and oxygen atoms in total. The van der Waals surface area contributed by atoms with Crippen molar-refractivity contribution in [2.24, 2.45) is 0 Å². The Morgan fingerprint density at radius 1 is 1.08 bits per heavy atom. The van der Waals surface area contributed by atoms with Crippen molar-refractivity contribution in [2.45, 2.75) is 31.3 Å². The Kier molecular flexibility index (Phi) is 6.62. The lowest BCUT2D eigenvalue weighted by Crippen LogP contribution is -2.33. The fourth-order valence-electron chi connectivity index (χ4n) is 2.18. The number of thiocarbonyl (C=S) groups is 1. The van der Waals surface area contributed by atoms with E-state index in [-0.39, 0.29) is 10.4 Å². The maximum Gasteiger partial charge on any atom is 0.180 e. The van der Waals surface area contributed by atoms with E-state index in [0.717, 1.165) is 11.6 Å². The first-order valence-electron chi connectivity index (χ1n) is 7.56. The molecule has 136 valence electrons. The van der Waals surface area contributed by atoms with Crippen LogP contribution in [-0.4, -0.2) is 15.3 Å². The molecule has 0 bridgehead atoms. The Hall–Kier alpha value is -2.11. The van der Waals surface area contributed by atoms with Crippen LogP contribution in [0.2, 0.25) is 0 Å². The number of nitrogens with zero attached hydrogens (tertiary/aromatic N) is 2. The van der Waals surface area contributed by atoms with Crippen LogP contribution in [0, 0.1) is 34.6 Å². The number of nitriles is 1. The van der Waals surface area contributed by atoms with Gasteiger partial charge in [0.15, 0.2) is 23.3 Å². The quantitative estimate of drug-likeness (QED) is 0.298. The molecule has 0 unspecified atom stereocenters. The molecule has 0 atom stereocenters. The van der Waals surface area contributed by atoms with Crippen LogP contribution >= 0.6 is 24.0 Å². The van der Waals surface area contributed by atoms with Gasteiger partial charge in [-0.05, 0) is 19.4 Å². The number of hydrogen-bond donors (Lipinski definition) is 0. The van der Waals surface area contributed by atoms with Gasteiger partial charge in [0.05, 0.1) is 4.90 Å². The maximum atomic E-state index is 14.1. The van der Waals surface area contributed by atoms with Crippen molar-refractivity contribution in [1.82, 2.24) is 4.90 Å². The van der Waals surface area contributed by atoms with Crippen LogP contribution in [0.3, 0.4) is 0 Å². The van der Waals surface area contributed by atoms with Gasteiger partial charge in [-0.15, -0.1) is 0 Å². The molecule has 0 aliphatic rings. The molecule has 0 amide bonds. The van der Waals surface area contributed by atoms with Gasteiger partial charge < -0.3 is 4.90 Å². The molecular formula is C18H14F4N2S2. The van der Waals surface area contributed by atoms with Crippen molar-refractivity contribution in [3.63, 3.8) is 0 Å². The van der Waals surface area contributed by atoms with Gasteiger partial charge in [-0.1, -0.05) is 54.3 Å². The molecule has 0 saturated carbocycles. The van der Waals surface area contributed by atoms with Gasteiger partial charge in [0.1, 0.15) is 16.0 Å². The number of rotatable bonds is 4. The molecule has 0 aliphatic heterocycles. The van der Waals surface area contributed by atoms with Crippen LogP contribution in [0.15, 0.2) is 35.2 Å². The fraction of sp³-hybridized carbons (Fsp3) is 0.222. The molecule has 0 aromatic heterocycles. The summed E-state index contributed by atoms with van der Waals surface area (Å²) in [5.41, 5.74) is -0.373. The largest absolute Gasteiger partial charge is 0.350 e. The van der Waals surface area contributed by atoms with E-state index in [1.165, 1.54) is 0 Å². The molecule has 2 aromatic rings. The molecule has 0 spiro atoms. The Labute approximate surface area is 158 Å². The van der Waals surface area contributed by atoms with Crippen molar-refractivity contribution in [3.8, 4) is 6.07 Å². The molecule has 26 heavy (non-hydrogen) atoms. The molecule has 0 heterocycles. The van der Waals surface area contributed by atoms with Gasteiger partial charge in [0, 0.05) is 12.6 Å². The van der Waals surface area contributed by atoms with Gasteiger partial charge in [0.2, 0.25) is 0 Å². The zero-order valence-electron chi connectivity index (χ0n) is 13.9. The van der Waals surface area contributed by atoms with Gasteiger partial charge >= 0.3 is 0 Å². The average Bonchev–Trinajstić information content (AvgIpc) is 2.62. The van der Waals surface area contributed by atoms with Gasteiger partial charge in [-0.3, -0.25) is 0 Å². The second kappa shape index (κ2) is 8.52. The lowest BCUT2D eigenvalue weighted by molar-refractivity contribution is 0.355. The molecule has 0 radical (unpaired) electrons. The predicted octanol–water partition coefficient (Wildman–Crippen LogP) is 5.40. The van der Waals surface area contributed by atoms with Gasteiger partial charge in [0.25, 0.3) is 0 Å². The summed E-state index contributed by atoms with van der Waals surface area (Å²) >= 11 is 5.66. The smallest absolute Gasteiger partial charge is 0.180 e. The van der Waals surface area contributed by atoms with Crippen molar-refractivity contribution >= 4 is 28.3 Å². The Morgan fingerprint density at radius 3 is 2.08 bits per heavy atom. The monoisotopic (exact) mass is 398 g/mol. The lowest BCUT2D eigenvalue weighted by Gasteiger charge is -2.29. The lowest BCUT2D eigenvalue weighted by atomic mass is 10.2. The van der Waals surface area contributed by atoms with Crippen LogP contribution in [0.1, 0.15) is 25.0 Å². The Morgan fingerprint density at radius 2 is 1.62 bits per heavy atom. The Balaban J connectivity index is 2.34. The molecule has 0 N–H and O–H groups in total. The first-order chi connectivity index (χ1) is 12.3. The second-order valence-corrected chi connectivity index (χ2v) is 7.29. The molecule has 8 heteroatoms. The highest BCUT2D eigenvalue weighted by atomic mass is 32.2. The van der Waals surface area contributed by atoms with E-state index in [1.807, 2.05) is 44.2 Å². The van der Waals surface area contributed by atoms with Gasteiger partial charge in [-0.25, -0.2) is 17.6 Å². The number of hydrogen-bond acceptors (Lipinski definition) is 3. The number of thioether (sulfide) groups is 1. The van der Waals surface area contributed by atoms with E-state index in [1.54, 1.807) is 4.90 Å². The molecule has 0 saturated heterocycles. The molecule has 2 aromatic carbocycles. The average molecular weight is 398 g/mol. The summed E-state index contributed by atoms with van der Waals surface area (Å²) in [7, 11) is 0. The van der Waals surface area contributed by atoms with E-state index in [9.17, 15) is 17.6 Å². The van der Waals surface area contributed by atoms with E-state index in [4.69, 9.17) is 17.5 Å². The van der Waals surface area contributed by atoms with Gasteiger partial charge in [-0.2, -0.15) is 5.26 Å². The topological polar surface area (TPSA) is 27.0 Å². The van der Waals surface area contributed by atoms with Crippen LogP contribution in [0.5, 0.6) is 0 Å². The van der Waals surface area contributed by atoms with E-state index >= 15 is 0 Å². The summed E-state index contributed by atoms with van der Waals surface area (Å²) in [6, 6.07) is 10.3. The third-order valence-corrected chi connectivity index (χ3v) is 5.03. The highest BCUT2D eigenvalue weighted by Gasteiger charge is 2.28. The van der Waals surface area contributed by atoms with Crippen molar-refractivity contribution in [3.05, 3.63) is 64.7 Å². The predicted molar refractivity (Wildman–Crippen MR) is 96.6 cm³/mol. The van der Waals surface area contributed by atoms with Crippen LogP contribution in [0.25, 0.3) is 0 Å². The van der Waals surface area contributed by atoms with E-state index < -0.39 is 33.7 Å². The zero-order chi connectivity index (χ0) is 19.4. The summed E-state index contributed by atoms with van der Waals surface area (Å²) in [5.74, 6) is -6.71. The summed E-state index contributed by atoms with van der Waals surface area (Å²) in [6.07, 6.45) is 0. The fourth-order valence-corrected chi connectivity index (χ4v) is 3.63. The molecule has 0 aliphatic carbocycles. The molecule has 0 fully saturated rings. The highest BCUT2D eigenvalue weighted by molar-refractivity contribution is 8.22. The first kappa shape index (κ1) is 20.2.